The number of para-hydroxylation sites is 1. The molecule has 2 heterocycles. The third-order valence-corrected chi connectivity index (χ3v) is 4.54. The second kappa shape index (κ2) is 6.59. The zero-order valence-corrected chi connectivity index (χ0v) is 14.2. The van der Waals surface area contributed by atoms with Crippen LogP contribution in [0.25, 0.3) is 16.5 Å². The van der Waals surface area contributed by atoms with Crippen LogP contribution in [0.2, 0.25) is 0 Å². The monoisotopic (exact) mass is 311 g/mol. The fourth-order valence-corrected chi connectivity index (χ4v) is 3.38. The molecule has 0 fully saturated rings. The van der Waals surface area contributed by atoms with Crippen molar-refractivity contribution in [3.8, 4) is 0 Å². The molecular weight excluding hydrogens is 286 g/mol. The average molecular weight is 311 g/mol. The Morgan fingerprint density at radius 2 is 2.04 bits per heavy atom. The van der Waals surface area contributed by atoms with E-state index in [9.17, 15) is 4.79 Å². The lowest BCUT2D eigenvalue weighted by Crippen LogP contribution is -2.17. The summed E-state index contributed by atoms with van der Waals surface area (Å²) in [5.74, 6) is 0.0898. The molecule has 4 nitrogen and oxygen atoms in total. The Kier molecular flexibility index (Phi) is 4.53. The van der Waals surface area contributed by atoms with E-state index in [1.165, 1.54) is 22.0 Å². The molecule has 0 atom stereocenters. The number of fused-ring (bicyclic) bond motifs is 1. The van der Waals surface area contributed by atoms with Gasteiger partial charge in [0.25, 0.3) is 0 Å². The summed E-state index contributed by atoms with van der Waals surface area (Å²) in [7, 11) is 4.21. The molecule has 1 aromatic carbocycles. The maximum absolute atomic E-state index is 12.0. The molecule has 3 rings (SSSR count). The zero-order valence-electron chi connectivity index (χ0n) is 14.2. The minimum atomic E-state index is 0.0898. The predicted octanol–water partition coefficient (Wildman–Crippen LogP) is 2.89. The molecule has 1 amide bonds. The second-order valence-electron chi connectivity index (χ2n) is 6.40. The van der Waals surface area contributed by atoms with Gasteiger partial charge in [0.05, 0.1) is 0 Å². The third-order valence-electron chi connectivity index (χ3n) is 4.54. The highest BCUT2D eigenvalue weighted by atomic mass is 16.1. The van der Waals surface area contributed by atoms with E-state index < -0.39 is 0 Å². The minimum Gasteiger partial charge on any atom is -0.348 e. The molecule has 1 aliphatic heterocycles. The van der Waals surface area contributed by atoms with E-state index in [0.717, 1.165) is 31.5 Å². The first-order valence-corrected chi connectivity index (χ1v) is 8.35. The smallest absolute Gasteiger partial charge is 0.247 e. The SMILES string of the molecule is CCC1=C(c2cn(CCCN(C)C)c3ccccc23)CNC1=O. The van der Waals surface area contributed by atoms with Gasteiger partial charge in [-0.05, 0) is 45.1 Å². The normalized spacial score (nSPS) is 15.0. The number of hydrogen-bond acceptors (Lipinski definition) is 2. The van der Waals surface area contributed by atoms with Crippen molar-refractivity contribution in [1.29, 1.82) is 0 Å². The van der Waals surface area contributed by atoms with Crippen molar-refractivity contribution >= 4 is 22.4 Å². The molecule has 0 unspecified atom stereocenters. The summed E-state index contributed by atoms with van der Waals surface area (Å²) in [5, 5.41) is 4.22. The van der Waals surface area contributed by atoms with Crippen LogP contribution >= 0.6 is 0 Å². The summed E-state index contributed by atoms with van der Waals surface area (Å²) < 4.78 is 2.33. The van der Waals surface area contributed by atoms with E-state index in [0.29, 0.717) is 6.54 Å². The van der Waals surface area contributed by atoms with Crippen LogP contribution < -0.4 is 5.32 Å². The molecule has 0 aliphatic carbocycles. The van der Waals surface area contributed by atoms with Gasteiger partial charge in [-0.15, -0.1) is 0 Å². The zero-order chi connectivity index (χ0) is 16.4. The largest absolute Gasteiger partial charge is 0.348 e. The van der Waals surface area contributed by atoms with Gasteiger partial charge in [0, 0.05) is 41.3 Å². The van der Waals surface area contributed by atoms with Gasteiger partial charge in [0.1, 0.15) is 0 Å². The summed E-state index contributed by atoms with van der Waals surface area (Å²) in [6.07, 6.45) is 4.12. The number of carbonyl (C=O) groups is 1. The number of hydrogen-bond donors (Lipinski definition) is 1. The van der Waals surface area contributed by atoms with Crippen molar-refractivity contribution < 1.29 is 4.79 Å². The van der Waals surface area contributed by atoms with Gasteiger partial charge in [-0.2, -0.15) is 0 Å². The number of rotatable bonds is 6. The summed E-state index contributed by atoms with van der Waals surface area (Å²) >= 11 is 0. The first-order chi connectivity index (χ1) is 11.1. The molecule has 0 bridgehead atoms. The van der Waals surface area contributed by atoms with Crippen LogP contribution in [0.1, 0.15) is 25.3 Å². The lowest BCUT2D eigenvalue weighted by atomic mass is 10.00. The Bertz CT molecular complexity index is 755. The van der Waals surface area contributed by atoms with Crippen molar-refractivity contribution in [2.75, 3.05) is 27.2 Å². The van der Waals surface area contributed by atoms with E-state index in [4.69, 9.17) is 0 Å². The fourth-order valence-electron chi connectivity index (χ4n) is 3.38. The van der Waals surface area contributed by atoms with Gasteiger partial charge < -0.3 is 14.8 Å². The number of benzene rings is 1. The quantitative estimate of drug-likeness (QED) is 0.890. The Balaban J connectivity index is 2.01. The summed E-state index contributed by atoms with van der Waals surface area (Å²) in [6.45, 7) is 4.77. The average Bonchev–Trinajstić information content (AvgIpc) is 3.08. The maximum atomic E-state index is 12.0. The highest BCUT2D eigenvalue weighted by Crippen LogP contribution is 2.32. The van der Waals surface area contributed by atoms with Crippen LogP contribution in [0.15, 0.2) is 36.0 Å². The molecule has 0 saturated carbocycles. The topological polar surface area (TPSA) is 37.3 Å². The number of aromatic nitrogens is 1. The Hall–Kier alpha value is -2.07. The molecule has 0 saturated heterocycles. The van der Waals surface area contributed by atoms with Crippen molar-refractivity contribution in [2.24, 2.45) is 0 Å². The molecule has 1 aliphatic rings. The number of nitrogens with one attached hydrogen (secondary N) is 1. The van der Waals surface area contributed by atoms with E-state index in [1.54, 1.807) is 0 Å². The Morgan fingerprint density at radius 3 is 2.78 bits per heavy atom. The lowest BCUT2D eigenvalue weighted by Gasteiger charge is -2.10. The summed E-state index contributed by atoms with van der Waals surface area (Å²) in [4.78, 5) is 14.2. The van der Waals surface area contributed by atoms with Gasteiger partial charge >= 0.3 is 0 Å². The van der Waals surface area contributed by atoms with E-state index in [2.05, 4.69) is 66.3 Å². The van der Waals surface area contributed by atoms with E-state index >= 15 is 0 Å². The van der Waals surface area contributed by atoms with E-state index in [1.807, 2.05) is 0 Å². The molecule has 122 valence electrons. The van der Waals surface area contributed by atoms with Gasteiger partial charge in [-0.3, -0.25) is 4.79 Å². The van der Waals surface area contributed by atoms with Gasteiger partial charge in [-0.25, -0.2) is 0 Å². The van der Waals surface area contributed by atoms with Crippen LogP contribution in [0.5, 0.6) is 0 Å². The first kappa shape index (κ1) is 15.8. The van der Waals surface area contributed by atoms with Crippen molar-refractivity contribution in [3.63, 3.8) is 0 Å². The first-order valence-electron chi connectivity index (χ1n) is 8.35. The predicted molar refractivity (Wildman–Crippen MR) is 95.3 cm³/mol. The highest BCUT2D eigenvalue weighted by molar-refractivity contribution is 6.09. The molecule has 4 heteroatoms. The van der Waals surface area contributed by atoms with Crippen molar-refractivity contribution in [2.45, 2.75) is 26.3 Å². The van der Waals surface area contributed by atoms with Crippen LogP contribution in [-0.4, -0.2) is 42.6 Å². The van der Waals surface area contributed by atoms with Gasteiger partial charge in [0.15, 0.2) is 0 Å². The lowest BCUT2D eigenvalue weighted by molar-refractivity contribution is -0.116. The summed E-state index contributed by atoms with van der Waals surface area (Å²) in [6, 6.07) is 8.50. The summed E-state index contributed by atoms with van der Waals surface area (Å²) in [5.41, 5.74) is 4.56. The Morgan fingerprint density at radius 1 is 1.26 bits per heavy atom. The van der Waals surface area contributed by atoms with E-state index in [-0.39, 0.29) is 5.91 Å². The molecular formula is C19H25N3O. The van der Waals surface area contributed by atoms with Crippen LogP contribution in [0, 0.1) is 0 Å². The molecule has 1 aromatic heterocycles. The number of nitrogens with zero attached hydrogens (tertiary/aromatic N) is 2. The maximum Gasteiger partial charge on any atom is 0.247 e. The number of carbonyl (C=O) groups excluding carboxylic acids is 1. The fraction of sp³-hybridized carbons (Fsp3) is 0.421. The Labute approximate surface area is 137 Å². The third kappa shape index (κ3) is 3.04. The highest BCUT2D eigenvalue weighted by Gasteiger charge is 2.24. The molecule has 1 N–H and O–H groups in total. The second-order valence-corrected chi connectivity index (χ2v) is 6.40. The van der Waals surface area contributed by atoms with Crippen LogP contribution in [0.4, 0.5) is 0 Å². The van der Waals surface area contributed by atoms with Gasteiger partial charge in [0.2, 0.25) is 5.91 Å². The van der Waals surface area contributed by atoms with Crippen LogP contribution in [-0.2, 0) is 11.3 Å². The van der Waals surface area contributed by atoms with Crippen LogP contribution in [0.3, 0.4) is 0 Å². The molecule has 0 radical (unpaired) electrons. The number of aryl methyl sites for hydroxylation is 1. The standard InChI is InChI=1S/C19H25N3O/c1-4-14-16(12-20-19(14)23)17-13-22(11-7-10-21(2)3)18-9-6-5-8-15(17)18/h5-6,8-9,13H,4,7,10-12H2,1-3H3,(H,20,23). The van der Waals surface area contributed by atoms with Gasteiger partial charge in [-0.1, -0.05) is 25.1 Å². The van der Waals surface area contributed by atoms with Crippen molar-refractivity contribution in [1.82, 2.24) is 14.8 Å². The number of amides is 1. The molecule has 23 heavy (non-hydrogen) atoms. The minimum absolute atomic E-state index is 0.0898. The molecule has 2 aromatic rings. The van der Waals surface area contributed by atoms with Crippen molar-refractivity contribution in [3.05, 3.63) is 41.6 Å². The molecule has 0 spiro atoms.